The van der Waals surface area contributed by atoms with E-state index in [9.17, 15) is 9.90 Å². The second kappa shape index (κ2) is 6.29. The van der Waals surface area contributed by atoms with Crippen LogP contribution < -0.4 is 5.32 Å². The summed E-state index contributed by atoms with van der Waals surface area (Å²) in [6, 6.07) is 11.8. The van der Waals surface area contributed by atoms with Crippen LogP contribution in [0, 0.1) is 6.92 Å². The van der Waals surface area contributed by atoms with E-state index in [0.29, 0.717) is 10.6 Å². The van der Waals surface area contributed by atoms with Crippen LogP contribution in [0.4, 0.5) is 5.69 Å². The minimum atomic E-state index is -0.980. The molecule has 0 spiro atoms. The topological polar surface area (TPSA) is 49.3 Å². The van der Waals surface area contributed by atoms with Crippen molar-refractivity contribution < 1.29 is 9.90 Å². The number of carboxylic acids is 1. The van der Waals surface area contributed by atoms with E-state index in [2.05, 4.69) is 21.2 Å². The van der Waals surface area contributed by atoms with Crippen LogP contribution in [-0.4, -0.2) is 11.1 Å². The van der Waals surface area contributed by atoms with Crippen molar-refractivity contribution in [3.05, 3.63) is 63.1 Å². The molecule has 0 bridgehead atoms. The highest BCUT2D eigenvalue weighted by Gasteiger charge is 2.22. The first kappa shape index (κ1) is 14.9. The monoisotopic (exact) mass is 353 g/mol. The molecule has 2 rings (SSSR count). The molecule has 5 heteroatoms. The predicted octanol–water partition coefficient (Wildman–Crippen LogP) is 4.65. The molecule has 0 radical (unpaired) electrons. The molecular weight excluding hydrogens is 342 g/mol. The summed E-state index contributed by atoms with van der Waals surface area (Å²) in [5.74, 6) is -0.980. The van der Waals surface area contributed by atoms with Crippen molar-refractivity contribution in [3.8, 4) is 0 Å². The summed E-state index contributed by atoms with van der Waals surface area (Å²) in [6.45, 7) is 1.95. The van der Waals surface area contributed by atoms with Crippen molar-refractivity contribution in [1.29, 1.82) is 0 Å². The van der Waals surface area contributed by atoms with E-state index in [-0.39, 0.29) is 0 Å². The second-order valence-electron chi connectivity index (χ2n) is 4.45. The Morgan fingerprint density at radius 3 is 2.70 bits per heavy atom. The summed E-state index contributed by atoms with van der Waals surface area (Å²) in [6.07, 6.45) is 0. The molecule has 1 unspecified atom stereocenters. The number of carbonyl (C=O) groups is 1. The van der Waals surface area contributed by atoms with Crippen LogP contribution in [0.1, 0.15) is 17.2 Å². The maximum absolute atomic E-state index is 11.5. The van der Waals surface area contributed by atoms with Gasteiger partial charge in [-0.15, -0.1) is 0 Å². The summed E-state index contributed by atoms with van der Waals surface area (Å²) >= 11 is 9.44. The molecule has 0 amide bonds. The quantitative estimate of drug-likeness (QED) is 0.840. The summed E-state index contributed by atoms with van der Waals surface area (Å²) in [5.41, 5.74) is 2.32. The second-order valence-corrected chi connectivity index (χ2v) is 5.77. The molecule has 0 aliphatic heterocycles. The molecule has 3 nitrogen and oxygen atoms in total. The maximum atomic E-state index is 11.5. The lowest BCUT2D eigenvalue weighted by molar-refractivity contribution is -0.138. The number of anilines is 1. The van der Waals surface area contributed by atoms with Crippen LogP contribution in [0.15, 0.2) is 46.9 Å². The van der Waals surface area contributed by atoms with Gasteiger partial charge in [0.1, 0.15) is 0 Å². The van der Waals surface area contributed by atoms with E-state index in [1.54, 1.807) is 18.2 Å². The van der Waals surface area contributed by atoms with Crippen LogP contribution in [0.25, 0.3) is 0 Å². The Hall–Kier alpha value is -1.52. The van der Waals surface area contributed by atoms with Gasteiger partial charge in [-0.25, -0.2) is 4.79 Å². The normalized spacial score (nSPS) is 11.9. The lowest BCUT2D eigenvalue weighted by Crippen LogP contribution is -2.21. The highest BCUT2D eigenvalue weighted by Crippen LogP contribution is 2.29. The molecule has 2 N–H and O–H groups in total. The molecule has 2 aromatic carbocycles. The average molecular weight is 355 g/mol. The van der Waals surface area contributed by atoms with E-state index >= 15 is 0 Å². The van der Waals surface area contributed by atoms with Crippen LogP contribution in [0.2, 0.25) is 5.02 Å². The van der Waals surface area contributed by atoms with Crippen molar-refractivity contribution in [2.75, 3.05) is 5.32 Å². The van der Waals surface area contributed by atoms with Gasteiger partial charge in [0.2, 0.25) is 0 Å². The Kier molecular flexibility index (Phi) is 4.68. The molecular formula is C15H13BrClNO2. The Morgan fingerprint density at radius 2 is 2.05 bits per heavy atom. The lowest BCUT2D eigenvalue weighted by atomic mass is 10.1. The molecule has 0 aliphatic carbocycles. The van der Waals surface area contributed by atoms with Crippen molar-refractivity contribution in [3.63, 3.8) is 0 Å². The van der Waals surface area contributed by atoms with Crippen LogP contribution in [0.3, 0.4) is 0 Å². The Labute approximate surface area is 130 Å². The van der Waals surface area contributed by atoms with Gasteiger partial charge < -0.3 is 10.4 Å². The molecule has 20 heavy (non-hydrogen) atoms. The van der Waals surface area contributed by atoms with Gasteiger partial charge in [0.25, 0.3) is 0 Å². The smallest absolute Gasteiger partial charge is 0.330 e. The fourth-order valence-corrected chi connectivity index (χ4v) is 2.52. The van der Waals surface area contributed by atoms with E-state index in [0.717, 1.165) is 15.7 Å². The third-order valence-electron chi connectivity index (χ3n) is 2.85. The van der Waals surface area contributed by atoms with Gasteiger partial charge in [0.05, 0.1) is 0 Å². The number of rotatable bonds is 4. The Balaban J connectivity index is 2.37. The zero-order valence-electron chi connectivity index (χ0n) is 10.7. The third kappa shape index (κ3) is 3.52. The van der Waals surface area contributed by atoms with Gasteiger partial charge in [0, 0.05) is 20.7 Å². The maximum Gasteiger partial charge on any atom is 0.330 e. The minimum absolute atomic E-state index is 0.417. The fourth-order valence-electron chi connectivity index (χ4n) is 1.91. The van der Waals surface area contributed by atoms with E-state index in [1.807, 2.05) is 31.2 Å². The number of aryl methyl sites for hydroxylation is 1. The highest BCUT2D eigenvalue weighted by atomic mass is 79.9. The summed E-state index contributed by atoms with van der Waals surface area (Å²) in [5, 5.41) is 12.9. The molecule has 0 saturated carbocycles. The SMILES string of the molecule is Cc1cccc(NC(C(=O)O)c2cc(Br)ccc2Cl)c1. The number of nitrogens with one attached hydrogen (secondary N) is 1. The number of hydrogen-bond donors (Lipinski definition) is 2. The van der Waals surface area contributed by atoms with Gasteiger partial charge in [-0.1, -0.05) is 39.7 Å². The largest absolute Gasteiger partial charge is 0.479 e. The first-order valence-electron chi connectivity index (χ1n) is 5.98. The van der Waals surface area contributed by atoms with Crippen molar-refractivity contribution in [2.45, 2.75) is 13.0 Å². The average Bonchev–Trinajstić information content (AvgIpc) is 2.39. The molecule has 0 saturated heterocycles. The van der Waals surface area contributed by atoms with Gasteiger partial charge in [-0.3, -0.25) is 0 Å². The molecule has 0 heterocycles. The Morgan fingerprint density at radius 1 is 1.30 bits per heavy atom. The zero-order valence-corrected chi connectivity index (χ0v) is 13.1. The summed E-state index contributed by atoms with van der Waals surface area (Å²) < 4.78 is 0.786. The third-order valence-corrected chi connectivity index (χ3v) is 3.68. The minimum Gasteiger partial charge on any atom is -0.479 e. The van der Waals surface area contributed by atoms with Crippen molar-refractivity contribution >= 4 is 39.2 Å². The number of hydrogen-bond acceptors (Lipinski definition) is 2. The van der Waals surface area contributed by atoms with Crippen molar-refractivity contribution in [1.82, 2.24) is 0 Å². The molecule has 1 atom stereocenters. The zero-order chi connectivity index (χ0) is 14.7. The van der Waals surface area contributed by atoms with Crippen LogP contribution in [0.5, 0.6) is 0 Å². The van der Waals surface area contributed by atoms with E-state index < -0.39 is 12.0 Å². The summed E-state index contributed by atoms with van der Waals surface area (Å²) in [7, 11) is 0. The number of aliphatic carboxylic acids is 1. The highest BCUT2D eigenvalue weighted by molar-refractivity contribution is 9.10. The number of carboxylic acid groups (broad SMARTS) is 1. The van der Waals surface area contributed by atoms with Gasteiger partial charge in [-0.05, 0) is 42.8 Å². The first-order valence-corrected chi connectivity index (χ1v) is 7.15. The van der Waals surface area contributed by atoms with E-state index in [4.69, 9.17) is 11.6 Å². The standard InChI is InChI=1S/C15H13BrClNO2/c1-9-3-2-4-11(7-9)18-14(15(19)20)12-8-10(16)5-6-13(12)17/h2-8,14,18H,1H3,(H,19,20). The summed E-state index contributed by atoms with van der Waals surface area (Å²) in [4.78, 5) is 11.5. The van der Waals surface area contributed by atoms with Gasteiger partial charge in [-0.2, -0.15) is 0 Å². The van der Waals surface area contributed by atoms with Gasteiger partial charge >= 0.3 is 5.97 Å². The van der Waals surface area contributed by atoms with Crippen LogP contribution >= 0.6 is 27.5 Å². The fraction of sp³-hybridized carbons (Fsp3) is 0.133. The number of halogens is 2. The number of benzene rings is 2. The lowest BCUT2D eigenvalue weighted by Gasteiger charge is -2.18. The van der Waals surface area contributed by atoms with Crippen LogP contribution in [-0.2, 0) is 4.79 Å². The predicted molar refractivity (Wildman–Crippen MR) is 84.3 cm³/mol. The van der Waals surface area contributed by atoms with Gasteiger partial charge in [0.15, 0.2) is 6.04 Å². The van der Waals surface area contributed by atoms with Crippen molar-refractivity contribution in [2.24, 2.45) is 0 Å². The molecule has 0 aromatic heterocycles. The molecule has 0 aliphatic rings. The van der Waals surface area contributed by atoms with E-state index in [1.165, 1.54) is 0 Å². The Bertz CT molecular complexity index is 646. The molecule has 0 fully saturated rings. The molecule has 2 aromatic rings. The molecule has 104 valence electrons. The first-order chi connectivity index (χ1) is 9.47.